The minimum absolute atomic E-state index is 0.120. The summed E-state index contributed by atoms with van der Waals surface area (Å²) in [5, 5.41) is 10.7. The molecular weight excluding hydrogens is 196 g/mol. The Morgan fingerprint density at radius 1 is 1.29 bits per heavy atom. The summed E-state index contributed by atoms with van der Waals surface area (Å²) in [5.74, 6) is -0.787. The molecule has 0 N–H and O–H groups in total. The van der Waals surface area contributed by atoms with Crippen LogP contribution in [-0.2, 0) is 0 Å². The van der Waals surface area contributed by atoms with E-state index in [1.807, 2.05) is 19.6 Å². The molecule has 0 saturated heterocycles. The number of carbonyl (C=O) groups excluding carboxylic acids is 1. The van der Waals surface area contributed by atoms with E-state index in [1.54, 1.807) is 18.2 Å². The molecule has 76 valence electrons. The first-order valence-corrected chi connectivity index (χ1v) is 7.80. The molecule has 0 atom stereocenters. The molecule has 0 unspecified atom stereocenters. The summed E-state index contributed by atoms with van der Waals surface area (Å²) in [5.41, 5.74) is 0.120. The van der Waals surface area contributed by atoms with Crippen LogP contribution in [-0.4, -0.2) is 14.3 Å². The average Bonchev–Trinajstić information content (AvgIpc) is 2.01. The summed E-state index contributed by atoms with van der Waals surface area (Å²) < 4.78 is 5.61. The van der Waals surface area contributed by atoms with Gasteiger partial charge in [0, 0.05) is 5.56 Å². The fourth-order valence-electron chi connectivity index (χ4n) is 1.05. The third-order valence-electron chi connectivity index (χ3n) is 1.52. The molecule has 0 heterocycles. The maximum absolute atomic E-state index is 10.7. The lowest BCUT2D eigenvalue weighted by atomic mass is 10.2. The number of benzene rings is 1. The average molecular weight is 209 g/mol. The van der Waals surface area contributed by atoms with Crippen molar-refractivity contribution in [1.29, 1.82) is 0 Å². The number of aromatic carboxylic acids is 1. The molecular formula is C10H13O3Si-. The highest BCUT2D eigenvalue weighted by atomic mass is 28.4. The molecule has 1 aromatic rings. The maximum atomic E-state index is 10.7. The van der Waals surface area contributed by atoms with Crippen LogP contribution in [0.25, 0.3) is 0 Å². The van der Waals surface area contributed by atoms with Gasteiger partial charge in [-0.1, -0.05) is 12.1 Å². The van der Waals surface area contributed by atoms with Crippen LogP contribution in [0.1, 0.15) is 10.4 Å². The molecule has 14 heavy (non-hydrogen) atoms. The molecule has 1 aromatic carbocycles. The first-order valence-electron chi connectivity index (χ1n) is 4.39. The van der Waals surface area contributed by atoms with Crippen LogP contribution >= 0.6 is 0 Å². The standard InChI is InChI=1S/C10H14O3Si/c1-14(2,3)13-9-7-5-4-6-8(9)10(11)12/h4-7H,1-3H3,(H,11,12)/p-1. The molecule has 3 nitrogen and oxygen atoms in total. The van der Waals surface area contributed by atoms with Crippen molar-refractivity contribution in [3.05, 3.63) is 29.8 Å². The Hall–Kier alpha value is -1.29. The van der Waals surface area contributed by atoms with E-state index in [9.17, 15) is 9.90 Å². The van der Waals surface area contributed by atoms with Crippen molar-refractivity contribution < 1.29 is 14.3 Å². The zero-order valence-electron chi connectivity index (χ0n) is 8.53. The van der Waals surface area contributed by atoms with Crippen LogP contribution in [0.5, 0.6) is 5.75 Å². The van der Waals surface area contributed by atoms with E-state index in [0.717, 1.165) is 0 Å². The molecule has 0 aliphatic heterocycles. The van der Waals surface area contributed by atoms with Crippen molar-refractivity contribution in [3.63, 3.8) is 0 Å². The Balaban J connectivity index is 3.02. The SMILES string of the molecule is C[Si](C)(C)Oc1ccccc1C(=O)[O-]. The predicted octanol–water partition coefficient (Wildman–Crippen LogP) is 1.26. The summed E-state index contributed by atoms with van der Waals surface area (Å²) in [6.07, 6.45) is 0. The summed E-state index contributed by atoms with van der Waals surface area (Å²) in [4.78, 5) is 10.7. The molecule has 0 bridgehead atoms. The van der Waals surface area contributed by atoms with E-state index in [-0.39, 0.29) is 5.56 Å². The van der Waals surface area contributed by atoms with Crippen molar-refractivity contribution in [3.8, 4) is 5.75 Å². The van der Waals surface area contributed by atoms with Gasteiger partial charge < -0.3 is 14.3 Å². The zero-order valence-corrected chi connectivity index (χ0v) is 9.53. The number of rotatable bonds is 3. The van der Waals surface area contributed by atoms with Gasteiger partial charge in [0.2, 0.25) is 8.32 Å². The number of carboxylic acid groups (broad SMARTS) is 1. The largest absolute Gasteiger partial charge is 0.545 e. The van der Waals surface area contributed by atoms with Crippen LogP contribution < -0.4 is 9.53 Å². The summed E-state index contributed by atoms with van der Waals surface area (Å²) in [6.45, 7) is 6.00. The summed E-state index contributed by atoms with van der Waals surface area (Å²) in [6, 6.07) is 6.55. The second-order valence-electron chi connectivity index (χ2n) is 4.00. The number of hydrogen-bond acceptors (Lipinski definition) is 3. The first kappa shape index (κ1) is 10.8. The van der Waals surface area contributed by atoms with Gasteiger partial charge in [0.1, 0.15) is 5.75 Å². The minimum Gasteiger partial charge on any atom is -0.545 e. The van der Waals surface area contributed by atoms with Gasteiger partial charge in [-0.15, -0.1) is 0 Å². The van der Waals surface area contributed by atoms with Crippen LogP contribution in [0.2, 0.25) is 19.6 Å². The van der Waals surface area contributed by atoms with E-state index < -0.39 is 14.3 Å². The molecule has 0 spiro atoms. The molecule has 0 radical (unpaired) electrons. The smallest absolute Gasteiger partial charge is 0.242 e. The first-order chi connectivity index (χ1) is 6.40. The van der Waals surface area contributed by atoms with E-state index in [0.29, 0.717) is 5.75 Å². The molecule has 0 aromatic heterocycles. The molecule has 0 amide bonds. The second-order valence-corrected chi connectivity index (χ2v) is 8.43. The molecule has 1 rings (SSSR count). The van der Waals surface area contributed by atoms with Crippen LogP contribution in [0.3, 0.4) is 0 Å². The Kier molecular flexibility index (Phi) is 2.95. The lowest BCUT2D eigenvalue weighted by Crippen LogP contribution is -2.31. The van der Waals surface area contributed by atoms with Gasteiger partial charge in [-0.2, -0.15) is 0 Å². The highest BCUT2D eigenvalue weighted by Crippen LogP contribution is 2.20. The fourth-order valence-corrected chi connectivity index (χ4v) is 1.89. The van der Waals surface area contributed by atoms with Gasteiger partial charge in [-0.3, -0.25) is 0 Å². The zero-order chi connectivity index (χ0) is 10.8. The maximum Gasteiger partial charge on any atom is 0.242 e. The number of carboxylic acids is 1. The van der Waals surface area contributed by atoms with E-state index in [4.69, 9.17) is 4.43 Å². The second kappa shape index (κ2) is 3.83. The van der Waals surface area contributed by atoms with E-state index >= 15 is 0 Å². The van der Waals surface area contributed by atoms with Crippen LogP contribution in [0.4, 0.5) is 0 Å². The third-order valence-corrected chi connectivity index (χ3v) is 2.36. The number of carbonyl (C=O) groups is 1. The van der Waals surface area contributed by atoms with Gasteiger partial charge in [-0.05, 0) is 31.8 Å². The lowest BCUT2D eigenvalue weighted by molar-refractivity contribution is -0.255. The van der Waals surface area contributed by atoms with E-state index in [1.165, 1.54) is 6.07 Å². The summed E-state index contributed by atoms with van der Waals surface area (Å²) in [7, 11) is -1.77. The highest BCUT2D eigenvalue weighted by Gasteiger charge is 2.17. The topological polar surface area (TPSA) is 49.4 Å². The molecule has 0 saturated carbocycles. The van der Waals surface area contributed by atoms with Gasteiger partial charge in [0.25, 0.3) is 0 Å². The highest BCUT2D eigenvalue weighted by molar-refractivity contribution is 6.70. The van der Waals surface area contributed by atoms with Crippen LogP contribution in [0, 0.1) is 0 Å². The van der Waals surface area contributed by atoms with Crippen molar-refractivity contribution in [2.45, 2.75) is 19.6 Å². The normalized spacial score (nSPS) is 11.1. The van der Waals surface area contributed by atoms with Crippen LogP contribution in [0.15, 0.2) is 24.3 Å². The summed E-state index contributed by atoms with van der Waals surface area (Å²) >= 11 is 0. The van der Waals surface area contributed by atoms with Gasteiger partial charge in [0.05, 0.1) is 5.97 Å². The predicted molar refractivity (Wildman–Crippen MR) is 54.7 cm³/mol. The number of para-hydroxylation sites is 1. The Morgan fingerprint density at radius 3 is 2.36 bits per heavy atom. The lowest BCUT2D eigenvalue weighted by Gasteiger charge is -2.21. The van der Waals surface area contributed by atoms with Gasteiger partial charge in [-0.25, -0.2) is 0 Å². The monoisotopic (exact) mass is 209 g/mol. The molecule has 0 aliphatic rings. The fraction of sp³-hybridized carbons (Fsp3) is 0.300. The Morgan fingerprint density at radius 2 is 1.86 bits per heavy atom. The van der Waals surface area contributed by atoms with Gasteiger partial charge in [0.15, 0.2) is 0 Å². The van der Waals surface area contributed by atoms with E-state index in [2.05, 4.69) is 0 Å². The van der Waals surface area contributed by atoms with Crippen molar-refractivity contribution in [2.24, 2.45) is 0 Å². The minimum atomic E-state index is -1.77. The Bertz CT molecular complexity index is 341. The third kappa shape index (κ3) is 2.88. The van der Waals surface area contributed by atoms with Crippen molar-refractivity contribution in [2.75, 3.05) is 0 Å². The number of hydrogen-bond donors (Lipinski definition) is 0. The van der Waals surface area contributed by atoms with Crippen molar-refractivity contribution in [1.82, 2.24) is 0 Å². The van der Waals surface area contributed by atoms with Gasteiger partial charge >= 0.3 is 0 Å². The molecule has 0 fully saturated rings. The molecule has 4 heteroatoms. The van der Waals surface area contributed by atoms with Crippen molar-refractivity contribution >= 4 is 14.3 Å². The quantitative estimate of drug-likeness (QED) is 0.704. The Labute approximate surface area is 84.5 Å². The molecule has 0 aliphatic carbocycles.